The summed E-state index contributed by atoms with van der Waals surface area (Å²) in [6.45, 7) is 20.2. The van der Waals surface area contributed by atoms with Crippen molar-refractivity contribution in [2.45, 2.75) is 54.0 Å². The zero-order chi connectivity index (χ0) is 15.2. The van der Waals surface area contributed by atoms with E-state index >= 15 is 0 Å². The van der Waals surface area contributed by atoms with E-state index in [-0.39, 0.29) is 0 Å². The summed E-state index contributed by atoms with van der Waals surface area (Å²) < 4.78 is 5.74. The Kier molecular flexibility index (Phi) is 7.49. The van der Waals surface area contributed by atoms with Crippen molar-refractivity contribution >= 4 is 0 Å². The van der Waals surface area contributed by atoms with Crippen molar-refractivity contribution in [3.8, 4) is 0 Å². The van der Waals surface area contributed by atoms with Crippen LogP contribution in [0.5, 0.6) is 0 Å². The molecule has 1 unspecified atom stereocenters. The molecule has 0 bridgehead atoms. The first-order chi connectivity index (χ1) is 9.33. The van der Waals surface area contributed by atoms with Crippen molar-refractivity contribution in [2.75, 3.05) is 39.4 Å². The van der Waals surface area contributed by atoms with Gasteiger partial charge in [-0.25, -0.2) is 0 Å². The SMILES string of the molecule is CC(C)CN(CC(C)C)CC1(CNC(C)C)CCOC1. The molecule has 120 valence electrons. The van der Waals surface area contributed by atoms with E-state index in [0.717, 1.165) is 31.6 Å². The van der Waals surface area contributed by atoms with E-state index in [0.29, 0.717) is 11.5 Å². The van der Waals surface area contributed by atoms with Gasteiger partial charge in [-0.05, 0) is 18.3 Å². The molecule has 1 saturated heterocycles. The van der Waals surface area contributed by atoms with Crippen LogP contribution in [0, 0.1) is 17.3 Å². The number of hydrogen-bond acceptors (Lipinski definition) is 3. The topological polar surface area (TPSA) is 24.5 Å². The highest BCUT2D eigenvalue weighted by Crippen LogP contribution is 2.30. The zero-order valence-corrected chi connectivity index (χ0v) is 14.5. The highest BCUT2D eigenvalue weighted by molar-refractivity contribution is 4.89. The van der Waals surface area contributed by atoms with Crippen molar-refractivity contribution in [2.24, 2.45) is 17.3 Å². The molecule has 0 aromatic carbocycles. The molecule has 0 aliphatic carbocycles. The summed E-state index contributed by atoms with van der Waals surface area (Å²) in [6.07, 6.45) is 1.19. The van der Waals surface area contributed by atoms with E-state index < -0.39 is 0 Å². The van der Waals surface area contributed by atoms with Crippen LogP contribution in [0.15, 0.2) is 0 Å². The third kappa shape index (κ3) is 6.55. The quantitative estimate of drug-likeness (QED) is 0.704. The van der Waals surface area contributed by atoms with Crippen molar-refractivity contribution < 1.29 is 4.74 Å². The van der Waals surface area contributed by atoms with Crippen LogP contribution < -0.4 is 5.32 Å². The first kappa shape index (κ1) is 17.9. The predicted octanol–water partition coefficient (Wildman–Crippen LogP) is 3.01. The van der Waals surface area contributed by atoms with Gasteiger partial charge in [0.1, 0.15) is 0 Å². The highest BCUT2D eigenvalue weighted by Gasteiger charge is 2.36. The Bertz CT molecular complexity index is 248. The number of rotatable bonds is 9. The van der Waals surface area contributed by atoms with Crippen molar-refractivity contribution in [1.82, 2.24) is 10.2 Å². The molecule has 1 aliphatic heterocycles. The van der Waals surface area contributed by atoms with Crippen LogP contribution in [0.3, 0.4) is 0 Å². The van der Waals surface area contributed by atoms with Gasteiger partial charge in [-0.3, -0.25) is 0 Å². The van der Waals surface area contributed by atoms with Crippen LogP contribution in [0.2, 0.25) is 0 Å². The minimum absolute atomic E-state index is 0.314. The first-order valence-corrected chi connectivity index (χ1v) is 8.36. The number of ether oxygens (including phenoxy) is 1. The van der Waals surface area contributed by atoms with E-state index in [1.807, 2.05) is 0 Å². The molecule has 1 N–H and O–H groups in total. The van der Waals surface area contributed by atoms with Gasteiger partial charge >= 0.3 is 0 Å². The summed E-state index contributed by atoms with van der Waals surface area (Å²) in [5, 5.41) is 3.63. The number of nitrogens with one attached hydrogen (secondary N) is 1. The number of hydrogen-bond donors (Lipinski definition) is 1. The van der Waals surface area contributed by atoms with E-state index in [2.05, 4.69) is 51.8 Å². The maximum Gasteiger partial charge on any atom is 0.0547 e. The molecule has 3 nitrogen and oxygen atoms in total. The minimum atomic E-state index is 0.314. The van der Waals surface area contributed by atoms with Gasteiger partial charge in [0.05, 0.1) is 6.61 Å². The van der Waals surface area contributed by atoms with Gasteiger partial charge < -0.3 is 15.0 Å². The Labute approximate surface area is 126 Å². The second-order valence-electron chi connectivity index (χ2n) is 7.82. The van der Waals surface area contributed by atoms with Crippen LogP contribution in [-0.4, -0.2) is 50.3 Å². The fraction of sp³-hybridized carbons (Fsp3) is 1.00. The molecule has 3 heteroatoms. The standard InChI is InChI=1S/C17H36N2O/c1-14(2)9-19(10-15(3)4)12-17(7-8-20-13-17)11-18-16(5)6/h14-16,18H,7-13H2,1-6H3. The van der Waals surface area contributed by atoms with Crippen LogP contribution in [0.1, 0.15) is 48.0 Å². The number of nitrogens with zero attached hydrogens (tertiary/aromatic N) is 1. The van der Waals surface area contributed by atoms with Gasteiger partial charge in [-0.1, -0.05) is 41.5 Å². The molecule has 0 aromatic heterocycles. The maximum atomic E-state index is 5.74. The van der Waals surface area contributed by atoms with Crippen molar-refractivity contribution in [3.63, 3.8) is 0 Å². The van der Waals surface area contributed by atoms with Gasteiger partial charge in [-0.15, -0.1) is 0 Å². The lowest BCUT2D eigenvalue weighted by Gasteiger charge is -2.36. The van der Waals surface area contributed by atoms with Gasteiger partial charge in [0.2, 0.25) is 0 Å². The molecule has 1 atom stereocenters. The summed E-state index contributed by atoms with van der Waals surface area (Å²) in [5.41, 5.74) is 0.314. The Hall–Kier alpha value is -0.120. The van der Waals surface area contributed by atoms with Crippen LogP contribution in [0.4, 0.5) is 0 Å². The molecule has 0 aromatic rings. The average Bonchev–Trinajstić information content (AvgIpc) is 2.73. The lowest BCUT2D eigenvalue weighted by Crippen LogP contribution is -2.47. The highest BCUT2D eigenvalue weighted by atomic mass is 16.5. The summed E-state index contributed by atoms with van der Waals surface area (Å²) in [5.74, 6) is 1.46. The van der Waals surface area contributed by atoms with Gasteiger partial charge in [-0.2, -0.15) is 0 Å². The molecule has 1 rings (SSSR count). The Morgan fingerprint density at radius 2 is 1.65 bits per heavy atom. The second-order valence-corrected chi connectivity index (χ2v) is 7.82. The summed E-state index contributed by atoms with van der Waals surface area (Å²) in [4.78, 5) is 2.66. The molecule has 1 aliphatic rings. The molecule has 0 spiro atoms. The van der Waals surface area contributed by atoms with Crippen LogP contribution in [-0.2, 0) is 4.74 Å². The monoisotopic (exact) mass is 284 g/mol. The lowest BCUT2D eigenvalue weighted by molar-refractivity contribution is 0.0942. The summed E-state index contributed by atoms with van der Waals surface area (Å²) in [7, 11) is 0. The normalized spacial score (nSPS) is 23.7. The van der Waals surface area contributed by atoms with Gasteiger partial charge in [0.25, 0.3) is 0 Å². The molecule has 0 radical (unpaired) electrons. The summed E-state index contributed by atoms with van der Waals surface area (Å²) in [6, 6.07) is 0.552. The predicted molar refractivity (Wildman–Crippen MR) is 87.1 cm³/mol. The van der Waals surface area contributed by atoms with E-state index in [4.69, 9.17) is 4.74 Å². The van der Waals surface area contributed by atoms with Gasteiger partial charge in [0.15, 0.2) is 0 Å². The zero-order valence-electron chi connectivity index (χ0n) is 14.5. The van der Waals surface area contributed by atoms with Crippen LogP contribution in [0.25, 0.3) is 0 Å². The largest absolute Gasteiger partial charge is 0.381 e. The average molecular weight is 284 g/mol. The molecule has 0 amide bonds. The summed E-state index contributed by atoms with van der Waals surface area (Å²) >= 11 is 0. The van der Waals surface area contributed by atoms with Crippen molar-refractivity contribution in [3.05, 3.63) is 0 Å². The van der Waals surface area contributed by atoms with E-state index in [1.165, 1.54) is 26.1 Å². The maximum absolute atomic E-state index is 5.74. The van der Waals surface area contributed by atoms with E-state index in [1.54, 1.807) is 0 Å². The molecular formula is C17H36N2O. The molecule has 1 heterocycles. The first-order valence-electron chi connectivity index (χ1n) is 8.36. The Balaban J connectivity index is 2.63. The third-order valence-corrected chi connectivity index (χ3v) is 3.88. The molecule has 0 saturated carbocycles. The van der Waals surface area contributed by atoms with Crippen molar-refractivity contribution in [1.29, 1.82) is 0 Å². The Morgan fingerprint density at radius 1 is 1.05 bits per heavy atom. The molecule has 20 heavy (non-hydrogen) atoms. The van der Waals surface area contributed by atoms with E-state index in [9.17, 15) is 0 Å². The smallest absolute Gasteiger partial charge is 0.0547 e. The van der Waals surface area contributed by atoms with Crippen LogP contribution >= 0.6 is 0 Å². The molecule has 1 fully saturated rings. The minimum Gasteiger partial charge on any atom is -0.381 e. The lowest BCUT2D eigenvalue weighted by atomic mass is 9.85. The Morgan fingerprint density at radius 3 is 2.05 bits per heavy atom. The third-order valence-electron chi connectivity index (χ3n) is 3.88. The fourth-order valence-corrected chi connectivity index (χ4v) is 3.10. The molecular weight excluding hydrogens is 248 g/mol. The van der Waals surface area contributed by atoms with Gasteiger partial charge in [0, 0.05) is 44.2 Å². The fourth-order valence-electron chi connectivity index (χ4n) is 3.10. The second kappa shape index (κ2) is 8.35.